The molecule has 2 aromatic heterocycles. The molecule has 0 spiro atoms. The summed E-state index contributed by atoms with van der Waals surface area (Å²) in [6.45, 7) is 2.16. The van der Waals surface area contributed by atoms with Crippen LogP contribution in [0.1, 0.15) is 12.7 Å². The molecule has 204 valence electrons. The van der Waals surface area contributed by atoms with Crippen LogP contribution in [0.15, 0.2) is 146 Å². The molecule has 2 heterocycles. The maximum Gasteiger partial charge on any atom is 0.114 e. The summed E-state index contributed by atoms with van der Waals surface area (Å²) in [4.78, 5) is 9.99. The Morgan fingerprint density at radius 3 is 2.02 bits per heavy atom. The molecule has 8 aromatic rings. The number of aromatic nitrogens is 3. The number of para-hydroxylation sites is 3. The van der Waals surface area contributed by atoms with Crippen molar-refractivity contribution >= 4 is 32.7 Å². The van der Waals surface area contributed by atoms with Crippen molar-refractivity contribution in [2.24, 2.45) is 0 Å². The molecule has 0 N–H and O–H groups in total. The van der Waals surface area contributed by atoms with Crippen molar-refractivity contribution < 1.29 is 0 Å². The van der Waals surface area contributed by atoms with E-state index in [-0.39, 0.29) is 0 Å². The van der Waals surface area contributed by atoms with Gasteiger partial charge in [-0.15, -0.1) is 0 Å². The SMILES string of the molecule is CCc1nc2ccccc2n1-c1ccc(-c2cccc(-c3cccc4c(-c5ccccc5)nc5ccccc5c34)c2)cc1. The molecule has 0 atom stereocenters. The standard InChI is InChI=1S/C40H29N3/c1-2-38-41-36-20-8-9-21-37(36)43(38)31-24-22-27(23-25-31)29-14-10-15-30(26-29)32-17-11-18-34-39(32)33-16-6-7-19-35(33)42-40(34)28-12-4-3-5-13-28/h3-26H,2H2,1H3. The van der Waals surface area contributed by atoms with Gasteiger partial charge in [0, 0.05) is 33.8 Å². The van der Waals surface area contributed by atoms with Crippen molar-refractivity contribution in [3.63, 3.8) is 0 Å². The topological polar surface area (TPSA) is 30.7 Å². The largest absolute Gasteiger partial charge is 0.296 e. The van der Waals surface area contributed by atoms with E-state index in [4.69, 9.17) is 9.97 Å². The third-order valence-corrected chi connectivity index (χ3v) is 8.35. The summed E-state index contributed by atoms with van der Waals surface area (Å²) >= 11 is 0. The van der Waals surface area contributed by atoms with Gasteiger partial charge in [0.1, 0.15) is 5.82 Å². The zero-order valence-electron chi connectivity index (χ0n) is 23.9. The lowest BCUT2D eigenvalue weighted by molar-refractivity contribution is 0.908. The Morgan fingerprint density at radius 2 is 1.19 bits per heavy atom. The van der Waals surface area contributed by atoms with Crippen molar-refractivity contribution in [3.8, 4) is 39.2 Å². The first-order valence-corrected chi connectivity index (χ1v) is 14.8. The van der Waals surface area contributed by atoms with Gasteiger partial charge in [0.2, 0.25) is 0 Å². The monoisotopic (exact) mass is 551 g/mol. The van der Waals surface area contributed by atoms with Crippen LogP contribution in [0.25, 0.3) is 71.9 Å². The number of rotatable bonds is 5. The van der Waals surface area contributed by atoms with Gasteiger partial charge in [-0.2, -0.15) is 0 Å². The number of benzene rings is 6. The summed E-state index contributed by atoms with van der Waals surface area (Å²) in [6.07, 6.45) is 0.875. The van der Waals surface area contributed by atoms with E-state index in [2.05, 4.69) is 151 Å². The fourth-order valence-corrected chi connectivity index (χ4v) is 6.33. The van der Waals surface area contributed by atoms with Crippen LogP contribution in [0.5, 0.6) is 0 Å². The highest BCUT2D eigenvalue weighted by Gasteiger charge is 2.15. The van der Waals surface area contributed by atoms with Gasteiger partial charge in [-0.05, 0) is 58.7 Å². The van der Waals surface area contributed by atoms with Gasteiger partial charge in [0.25, 0.3) is 0 Å². The number of pyridine rings is 1. The molecule has 0 aliphatic carbocycles. The molecule has 3 heteroatoms. The first-order valence-electron chi connectivity index (χ1n) is 14.8. The molecule has 0 aliphatic rings. The van der Waals surface area contributed by atoms with Crippen LogP contribution in [-0.4, -0.2) is 14.5 Å². The van der Waals surface area contributed by atoms with Crippen LogP contribution < -0.4 is 0 Å². The van der Waals surface area contributed by atoms with Gasteiger partial charge in [0.05, 0.1) is 22.2 Å². The second kappa shape index (κ2) is 10.4. The third-order valence-electron chi connectivity index (χ3n) is 8.35. The minimum atomic E-state index is 0.875. The minimum Gasteiger partial charge on any atom is -0.296 e. The maximum absolute atomic E-state index is 5.13. The number of fused-ring (bicyclic) bond motifs is 4. The van der Waals surface area contributed by atoms with E-state index >= 15 is 0 Å². The number of hydrogen-bond acceptors (Lipinski definition) is 2. The van der Waals surface area contributed by atoms with E-state index in [0.29, 0.717) is 0 Å². The molecule has 0 aliphatic heterocycles. The first-order chi connectivity index (χ1) is 21.3. The van der Waals surface area contributed by atoms with Gasteiger partial charge in [-0.1, -0.05) is 116 Å². The van der Waals surface area contributed by atoms with Crippen molar-refractivity contribution in [3.05, 3.63) is 151 Å². The van der Waals surface area contributed by atoms with Crippen LogP contribution >= 0.6 is 0 Å². The summed E-state index contributed by atoms with van der Waals surface area (Å²) in [5.74, 6) is 1.07. The van der Waals surface area contributed by atoms with Gasteiger partial charge in [0.15, 0.2) is 0 Å². The normalized spacial score (nSPS) is 11.5. The summed E-state index contributed by atoms with van der Waals surface area (Å²) in [5, 5.41) is 3.57. The van der Waals surface area contributed by atoms with E-state index in [9.17, 15) is 0 Å². The Balaban J connectivity index is 1.25. The summed E-state index contributed by atoms with van der Waals surface area (Å²) in [6, 6.07) is 51.7. The Kier molecular flexibility index (Phi) is 6.08. The number of imidazole rings is 1. The average molecular weight is 552 g/mol. The van der Waals surface area contributed by atoms with Crippen LogP contribution in [0.3, 0.4) is 0 Å². The second-order valence-electron chi connectivity index (χ2n) is 10.9. The Bertz CT molecular complexity index is 2260. The lowest BCUT2D eigenvalue weighted by Gasteiger charge is -2.15. The molecule has 6 aromatic carbocycles. The van der Waals surface area contributed by atoms with Gasteiger partial charge >= 0.3 is 0 Å². The van der Waals surface area contributed by atoms with Crippen LogP contribution in [0, 0.1) is 0 Å². The van der Waals surface area contributed by atoms with Crippen LogP contribution in [-0.2, 0) is 6.42 Å². The minimum absolute atomic E-state index is 0.875. The highest BCUT2D eigenvalue weighted by molar-refractivity contribution is 6.17. The van der Waals surface area contributed by atoms with E-state index in [1.807, 2.05) is 6.07 Å². The van der Waals surface area contributed by atoms with Gasteiger partial charge in [-0.25, -0.2) is 9.97 Å². The molecular weight excluding hydrogens is 522 g/mol. The Morgan fingerprint density at radius 1 is 0.512 bits per heavy atom. The van der Waals surface area contributed by atoms with Crippen molar-refractivity contribution in [1.82, 2.24) is 14.5 Å². The molecule has 0 saturated carbocycles. The molecule has 0 bridgehead atoms. The smallest absolute Gasteiger partial charge is 0.114 e. The lowest BCUT2D eigenvalue weighted by Crippen LogP contribution is -1.99. The van der Waals surface area contributed by atoms with Crippen molar-refractivity contribution in [2.45, 2.75) is 13.3 Å². The molecular formula is C40H29N3. The van der Waals surface area contributed by atoms with Gasteiger partial charge < -0.3 is 0 Å². The molecule has 0 radical (unpaired) electrons. The quantitative estimate of drug-likeness (QED) is 0.199. The Hall–Kier alpha value is -5.54. The highest BCUT2D eigenvalue weighted by atomic mass is 15.1. The summed E-state index contributed by atoms with van der Waals surface area (Å²) in [5.41, 5.74) is 11.2. The first kappa shape index (κ1) is 25.2. The molecule has 8 rings (SSSR count). The van der Waals surface area contributed by atoms with E-state index < -0.39 is 0 Å². The molecule has 0 fully saturated rings. The Labute approximate surface area is 250 Å². The molecule has 43 heavy (non-hydrogen) atoms. The molecule has 0 saturated heterocycles. The third kappa shape index (κ3) is 4.29. The van der Waals surface area contributed by atoms with E-state index in [1.54, 1.807) is 0 Å². The van der Waals surface area contributed by atoms with E-state index in [1.165, 1.54) is 33.0 Å². The van der Waals surface area contributed by atoms with Gasteiger partial charge in [-0.3, -0.25) is 4.57 Å². The second-order valence-corrected chi connectivity index (χ2v) is 10.9. The van der Waals surface area contributed by atoms with Crippen molar-refractivity contribution in [2.75, 3.05) is 0 Å². The van der Waals surface area contributed by atoms with Crippen LogP contribution in [0.4, 0.5) is 0 Å². The predicted octanol–water partition coefficient (Wildman–Crippen LogP) is 10.3. The molecule has 0 amide bonds. The fraction of sp³-hybridized carbons (Fsp3) is 0.0500. The number of hydrogen-bond donors (Lipinski definition) is 0. The van der Waals surface area contributed by atoms with Crippen LogP contribution in [0.2, 0.25) is 0 Å². The average Bonchev–Trinajstić information content (AvgIpc) is 3.47. The fourth-order valence-electron chi connectivity index (χ4n) is 6.33. The molecule has 3 nitrogen and oxygen atoms in total. The summed E-state index contributed by atoms with van der Waals surface area (Å²) < 4.78 is 2.27. The van der Waals surface area contributed by atoms with E-state index in [0.717, 1.165) is 51.1 Å². The predicted molar refractivity (Wildman–Crippen MR) is 180 cm³/mol. The number of aryl methyl sites for hydroxylation is 1. The highest BCUT2D eigenvalue weighted by Crippen LogP contribution is 2.39. The maximum atomic E-state index is 5.13. The van der Waals surface area contributed by atoms with Crippen molar-refractivity contribution in [1.29, 1.82) is 0 Å². The summed E-state index contributed by atoms with van der Waals surface area (Å²) in [7, 11) is 0. The lowest BCUT2D eigenvalue weighted by atomic mass is 9.91. The zero-order chi connectivity index (χ0) is 28.8. The zero-order valence-corrected chi connectivity index (χ0v) is 23.9. The molecule has 0 unspecified atom stereocenters. The number of nitrogens with zero attached hydrogens (tertiary/aromatic N) is 3.